The Labute approximate surface area is 109 Å². The molecule has 0 fully saturated rings. The predicted octanol–water partition coefficient (Wildman–Crippen LogP) is 4.19. The molecule has 2 aromatic rings. The minimum absolute atomic E-state index is 0.222. The first-order chi connectivity index (χ1) is 8.59. The van der Waals surface area contributed by atoms with Gasteiger partial charge in [0.05, 0.1) is 0 Å². The number of hydrogen-bond donors (Lipinski definition) is 1. The van der Waals surface area contributed by atoms with E-state index in [1.807, 2.05) is 13.8 Å². The monoisotopic (exact) mass is 267 g/mol. The second kappa shape index (κ2) is 5.59. The highest BCUT2D eigenvalue weighted by molar-refractivity contribution is 7.08. The molecule has 0 radical (unpaired) electrons. The van der Waals surface area contributed by atoms with Crippen molar-refractivity contribution in [2.75, 3.05) is 0 Å². The minimum atomic E-state index is -0.798. The van der Waals surface area contributed by atoms with E-state index in [9.17, 15) is 8.78 Å². The van der Waals surface area contributed by atoms with Crippen molar-refractivity contribution in [1.82, 2.24) is 5.32 Å². The van der Waals surface area contributed by atoms with Crippen molar-refractivity contribution in [3.8, 4) is 0 Å². The second-order valence-electron chi connectivity index (χ2n) is 4.33. The molecule has 1 aromatic heterocycles. The summed E-state index contributed by atoms with van der Waals surface area (Å²) in [5.74, 6) is -1.56. The Balaban J connectivity index is 2.06. The Morgan fingerprint density at radius 1 is 1.28 bits per heavy atom. The summed E-state index contributed by atoms with van der Waals surface area (Å²) in [4.78, 5) is 0. The fourth-order valence-electron chi connectivity index (χ4n) is 1.80. The van der Waals surface area contributed by atoms with Crippen LogP contribution < -0.4 is 5.32 Å². The number of hydrogen-bond acceptors (Lipinski definition) is 2. The van der Waals surface area contributed by atoms with Crippen LogP contribution in [0.4, 0.5) is 8.78 Å². The van der Waals surface area contributed by atoms with Crippen LogP contribution in [0.25, 0.3) is 0 Å². The van der Waals surface area contributed by atoms with Gasteiger partial charge in [0.1, 0.15) is 0 Å². The molecule has 0 amide bonds. The third-order valence-corrected chi connectivity index (χ3v) is 3.92. The van der Waals surface area contributed by atoms with Gasteiger partial charge in [-0.3, -0.25) is 0 Å². The van der Waals surface area contributed by atoms with Crippen LogP contribution in [-0.4, -0.2) is 0 Å². The third kappa shape index (κ3) is 2.76. The molecule has 0 saturated heterocycles. The van der Waals surface area contributed by atoms with Crippen LogP contribution in [0.5, 0.6) is 0 Å². The first-order valence-electron chi connectivity index (χ1n) is 5.78. The minimum Gasteiger partial charge on any atom is -0.306 e. The van der Waals surface area contributed by atoms with Gasteiger partial charge in [-0.15, -0.1) is 0 Å². The first-order valence-corrected chi connectivity index (χ1v) is 6.73. The number of benzene rings is 1. The molecule has 1 aromatic carbocycles. The van der Waals surface area contributed by atoms with E-state index in [4.69, 9.17) is 0 Å². The maximum Gasteiger partial charge on any atom is 0.163 e. The number of aryl methyl sites for hydroxylation is 1. The lowest BCUT2D eigenvalue weighted by Crippen LogP contribution is -2.19. The smallest absolute Gasteiger partial charge is 0.163 e. The molecule has 18 heavy (non-hydrogen) atoms. The highest BCUT2D eigenvalue weighted by atomic mass is 32.1. The van der Waals surface area contributed by atoms with Crippen LogP contribution in [0, 0.1) is 18.6 Å². The summed E-state index contributed by atoms with van der Waals surface area (Å²) in [7, 11) is 0. The van der Waals surface area contributed by atoms with Crippen LogP contribution in [0.15, 0.2) is 29.0 Å². The SMILES string of the molecule is Cc1cscc1CNC(C)c1cccc(F)c1F. The summed E-state index contributed by atoms with van der Waals surface area (Å²) < 4.78 is 26.7. The Morgan fingerprint density at radius 3 is 2.72 bits per heavy atom. The fourth-order valence-corrected chi connectivity index (χ4v) is 2.65. The van der Waals surface area contributed by atoms with Gasteiger partial charge in [-0.05, 0) is 41.8 Å². The molecule has 2 rings (SSSR count). The van der Waals surface area contributed by atoms with Crippen molar-refractivity contribution >= 4 is 11.3 Å². The van der Waals surface area contributed by atoms with E-state index in [1.165, 1.54) is 17.2 Å². The molecule has 1 heterocycles. The zero-order valence-electron chi connectivity index (χ0n) is 10.3. The highest BCUT2D eigenvalue weighted by Gasteiger charge is 2.13. The van der Waals surface area contributed by atoms with Gasteiger partial charge in [-0.1, -0.05) is 12.1 Å². The maximum absolute atomic E-state index is 13.6. The van der Waals surface area contributed by atoms with Gasteiger partial charge in [0.25, 0.3) is 0 Å². The van der Waals surface area contributed by atoms with Crippen molar-refractivity contribution in [2.45, 2.75) is 26.4 Å². The average Bonchev–Trinajstić information content (AvgIpc) is 2.75. The van der Waals surface area contributed by atoms with Crippen LogP contribution in [0.1, 0.15) is 29.7 Å². The van der Waals surface area contributed by atoms with Crippen molar-refractivity contribution in [2.24, 2.45) is 0 Å². The van der Waals surface area contributed by atoms with E-state index in [-0.39, 0.29) is 6.04 Å². The van der Waals surface area contributed by atoms with Crippen LogP contribution in [-0.2, 0) is 6.54 Å². The van der Waals surface area contributed by atoms with Gasteiger partial charge in [-0.25, -0.2) is 8.78 Å². The fraction of sp³-hybridized carbons (Fsp3) is 0.286. The molecule has 1 nitrogen and oxygen atoms in total. The van der Waals surface area contributed by atoms with E-state index in [0.717, 1.165) is 6.07 Å². The molecule has 0 aliphatic rings. The molecule has 0 aliphatic heterocycles. The number of nitrogens with one attached hydrogen (secondary N) is 1. The van der Waals surface area contributed by atoms with E-state index >= 15 is 0 Å². The Bertz CT molecular complexity index is 536. The summed E-state index contributed by atoms with van der Waals surface area (Å²) in [6.07, 6.45) is 0. The molecule has 1 atom stereocenters. The lowest BCUT2D eigenvalue weighted by Gasteiger charge is -2.15. The van der Waals surface area contributed by atoms with Crippen molar-refractivity contribution in [3.63, 3.8) is 0 Å². The number of rotatable bonds is 4. The van der Waals surface area contributed by atoms with E-state index in [2.05, 4.69) is 16.1 Å². The molecule has 0 saturated carbocycles. The van der Waals surface area contributed by atoms with Crippen molar-refractivity contribution in [1.29, 1.82) is 0 Å². The molecule has 1 unspecified atom stereocenters. The molecule has 4 heteroatoms. The van der Waals surface area contributed by atoms with Crippen LogP contribution in [0.2, 0.25) is 0 Å². The summed E-state index contributed by atoms with van der Waals surface area (Å²) in [5.41, 5.74) is 2.78. The van der Waals surface area contributed by atoms with Gasteiger partial charge in [-0.2, -0.15) is 11.3 Å². The van der Waals surface area contributed by atoms with Gasteiger partial charge in [0, 0.05) is 18.2 Å². The van der Waals surface area contributed by atoms with Crippen molar-refractivity contribution < 1.29 is 8.78 Å². The topological polar surface area (TPSA) is 12.0 Å². The van der Waals surface area contributed by atoms with E-state index < -0.39 is 11.6 Å². The Morgan fingerprint density at radius 2 is 2.06 bits per heavy atom. The van der Waals surface area contributed by atoms with Gasteiger partial charge >= 0.3 is 0 Å². The lowest BCUT2D eigenvalue weighted by atomic mass is 10.1. The second-order valence-corrected chi connectivity index (χ2v) is 5.07. The Hall–Kier alpha value is -1.26. The molecule has 96 valence electrons. The third-order valence-electron chi connectivity index (χ3n) is 3.01. The lowest BCUT2D eigenvalue weighted by molar-refractivity contribution is 0.472. The molecule has 0 aliphatic carbocycles. The molecule has 1 N–H and O–H groups in total. The molecule has 0 spiro atoms. The van der Waals surface area contributed by atoms with Gasteiger partial charge in [0.15, 0.2) is 11.6 Å². The van der Waals surface area contributed by atoms with E-state index in [0.29, 0.717) is 12.1 Å². The zero-order chi connectivity index (χ0) is 13.1. The van der Waals surface area contributed by atoms with Crippen LogP contribution >= 0.6 is 11.3 Å². The van der Waals surface area contributed by atoms with Crippen molar-refractivity contribution in [3.05, 3.63) is 57.3 Å². The standard InChI is InChI=1S/C14H15F2NS/c1-9-7-18-8-11(9)6-17-10(2)12-4-3-5-13(15)14(12)16/h3-5,7-8,10,17H,6H2,1-2H3. The van der Waals surface area contributed by atoms with Gasteiger partial charge < -0.3 is 5.32 Å². The largest absolute Gasteiger partial charge is 0.306 e. The normalized spacial score (nSPS) is 12.7. The average molecular weight is 267 g/mol. The summed E-state index contributed by atoms with van der Waals surface area (Å²) in [6.45, 7) is 4.53. The summed E-state index contributed by atoms with van der Waals surface area (Å²) >= 11 is 1.65. The Kier molecular flexibility index (Phi) is 4.09. The summed E-state index contributed by atoms with van der Waals surface area (Å²) in [5, 5.41) is 7.35. The predicted molar refractivity (Wildman–Crippen MR) is 70.7 cm³/mol. The highest BCUT2D eigenvalue weighted by Crippen LogP contribution is 2.20. The van der Waals surface area contributed by atoms with Crippen LogP contribution in [0.3, 0.4) is 0 Å². The molecular weight excluding hydrogens is 252 g/mol. The van der Waals surface area contributed by atoms with E-state index in [1.54, 1.807) is 17.4 Å². The van der Waals surface area contributed by atoms with Gasteiger partial charge in [0.2, 0.25) is 0 Å². The quantitative estimate of drug-likeness (QED) is 0.876. The zero-order valence-corrected chi connectivity index (χ0v) is 11.2. The molecule has 0 bridgehead atoms. The maximum atomic E-state index is 13.6. The summed E-state index contributed by atoms with van der Waals surface area (Å²) in [6, 6.07) is 4.05. The first kappa shape index (κ1) is 13.2. The number of thiophene rings is 1. The number of halogens is 2. The molecular formula is C14H15F2NS.